The van der Waals surface area contributed by atoms with E-state index in [0.717, 1.165) is 0 Å². The quantitative estimate of drug-likeness (QED) is 0.778. The number of rotatable bonds is 3. The van der Waals surface area contributed by atoms with Gasteiger partial charge in [0, 0.05) is 11.8 Å². The molecule has 3 N–H and O–H groups in total. The lowest BCUT2D eigenvalue weighted by atomic mass is 10.1. The molecule has 2 rings (SSSR count). The average Bonchev–Trinajstić information content (AvgIpc) is 2.37. The Balaban J connectivity index is 2.03. The molecule has 0 aliphatic carbocycles. The summed E-state index contributed by atoms with van der Waals surface area (Å²) in [6.45, 7) is 3.75. The second-order valence-electron chi connectivity index (χ2n) is 4.87. The number of aliphatic carboxylic acids is 1. The number of nitrogens with one attached hydrogen (secondary N) is 2. The highest BCUT2D eigenvalue weighted by molar-refractivity contribution is 5.93. The van der Waals surface area contributed by atoms with Crippen LogP contribution >= 0.6 is 0 Å². The molecule has 0 radical (unpaired) electrons. The molecule has 0 saturated heterocycles. The number of hydrogen-bond acceptors (Lipinski definition) is 4. The normalized spacial score (nSPS) is 13.5. The third-order valence-corrected chi connectivity index (χ3v) is 2.76. The lowest BCUT2D eigenvalue weighted by Gasteiger charge is -2.22. The van der Waals surface area contributed by atoms with Crippen molar-refractivity contribution in [3.8, 4) is 11.5 Å². The molecular formula is C13H16N2O5. The Labute approximate surface area is 115 Å². The predicted octanol–water partition coefficient (Wildman–Crippen LogP) is 1.44. The van der Waals surface area contributed by atoms with Crippen LogP contribution in [0.2, 0.25) is 0 Å². The van der Waals surface area contributed by atoms with E-state index >= 15 is 0 Å². The van der Waals surface area contributed by atoms with E-state index in [1.54, 1.807) is 18.2 Å². The number of carboxylic acid groups (broad SMARTS) is 1. The highest BCUT2D eigenvalue weighted by Gasteiger charge is 2.29. The highest BCUT2D eigenvalue weighted by atomic mass is 16.6. The van der Waals surface area contributed by atoms with Gasteiger partial charge < -0.3 is 25.2 Å². The minimum absolute atomic E-state index is 0.453. The Morgan fingerprint density at radius 1 is 1.20 bits per heavy atom. The lowest BCUT2D eigenvalue weighted by Crippen LogP contribution is -2.51. The number of carbonyl (C=O) groups excluding carboxylic acids is 1. The summed E-state index contributed by atoms with van der Waals surface area (Å²) in [5.74, 6) is 0.0504. The Bertz CT molecular complexity index is 542. The van der Waals surface area contributed by atoms with Gasteiger partial charge in [-0.15, -0.1) is 0 Å². The van der Waals surface area contributed by atoms with Crippen LogP contribution < -0.4 is 20.1 Å². The number of carboxylic acids is 1. The molecule has 1 aliphatic rings. The van der Waals surface area contributed by atoms with E-state index in [-0.39, 0.29) is 0 Å². The molecule has 2 amide bonds. The molecule has 108 valence electrons. The largest absolute Gasteiger partial charge is 0.486 e. The molecule has 0 spiro atoms. The van der Waals surface area contributed by atoms with Crippen molar-refractivity contribution >= 4 is 17.7 Å². The first-order valence-corrected chi connectivity index (χ1v) is 6.11. The number of urea groups is 1. The van der Waals surface area contributed by atoms with Gasteiger partial charge in [0.25, 0.3) is 0 Å². The number of ether oxygens (including phenoxy) is 2. The number of hydrogen-bond donors (Lipinski definition) is 3. The highest BCUT2D eigenvalue weighted by Crippen LogP contribution is 2.32. The second kappa shape index (κ2) is 5.28. The molecule has 0 unspecified atom stereocenters. The molecule has 1 heterocycles. The van der Waals surface area contributed by atoms with Crippen LogP contribution in [0.4, 0.5) is 10.5 Å². The SMILES string of the molecule is CC(C)(NC(=O)Nc1ccc2c(c1)OCCO2)C(=O)O. The zero-order chi connectivity index (χ0) is 14.8. The summed E-state index contributed by atoms with van der Waals surface area (Å²) in [5, 5.41) is 13.9. The van der Waals surface area contributed by atoms with E-state index in [1.807, 2.05) is 0 Å². The maximum atomic E-state index is 11.7. The van der Waals surface area contributed by atoms with Crippen molar-refractivity contribution in [1.29, 1.82) is 0 Å². The van der Waals surface area contributed by atoms with Gasteiger partial charge in [0.15, 0.2) is 11.5 Å². The van der Waals surface area contributed by atoms with Gasteiger partial charge in [-0.2, -0.15) is 0 Å². The molecule has 1 aromatic carbocycles. The Kier molecular flexibility index (Phi) is 3.69. The zero-order valence-corrected chi connectivity index (χ0v) is 11.2. The summed E-state index contributed by atoms with van der Waals surface area (Å²) < 4.78 is 10.8. The molecule has 0 saturated carbocycles. The van der Waals surface area contributed by atoms with Crippen LogP contribution in [0.5, 0.6) is 11.5 Å². The van der Waals surface area contributed by atoms with Gasteiger partial charge >= 0.3 is 12.0 Å². The van der Waals surface area contributed by atoms with Crippen molar-refractivity contribution in [3.63, 3.8) is 0 Å². The Morgan fingerprint density at radius 3 is 2.50 bits per heavy atom. The van der Waals surface area contributed by atoms with Crippen LogP contribution in [0.3, 0.4) is 0 Å². The molecule has 20 heavy (non-hydrogen) atoms. The molecular weight excluding hydrogens is 264 g/mol. The zero-order valence-electron chi connectivity index (χ0n) is 11.2. The number of carbonyl (C=O) groups is 2. The van der Waals surface area contributed by atoms with Gasteiger partial charge in [0.05, 0.1) is 0 Å². The van der Waals surface area contributed by atoms with Gasteiger partial charge in [-0.3, -0.25) is 0 Å². The van der Waals surface area contributed by atoms with Crippen molar-refractivity contribution in [1.82, 2.24) is 5.32 Å². The van der Waals surface area contributed by atoms with Crippen molar-refractivity contribution in [2.24, 2.45) is 0 Å². The average molecular weight is 280 g/mol. The smallest absolute Gasteiger partial charge is 0.328 e. The molecule has 0 aromatic heterocycles. The first kappa shape index (κ1) is 14.0. The summed E-state index contributed by atoms with van der Waals surface area (Å²) in [7, 11) is 0. The molecule has 0 fully saturated rings. The summed E-state index contributed by atoms with van der Waals surface area (Å²) in [6, 6.07) is 4.36. The van der Waals surface area contributed by atoms with Gasteiger partial charge in [0.2, 0.25) is 0 Å². The standard InChI is InChI=1S/C13H16N2O5/c1-13(2,11(16)17)15-12(18)14-8-3-4-9-10(7-8)20-6-5-19-9/h3-4,7H,5-6H2,1-2H3,(H,16,17)(H2,14,15,18). The molecule has 1 aliphatic heterocycles. The van der Waals surface area contributed by atoms with Crippen molar-refractivity contribution in [3.05, 3.63) is 18.2 Å². The van der Waals surface area contributed by atoms with E-state index in [1.165, 1.54) is 13.8 Å². The fourth-order valence-electron chi connectivity index (χ4n) is 1.62. The maximum Gasteiger partial charge on any atom is 0.328 e. The Morgan fingerprint density at radius 2 is 1.85 bits per heavy atom. The van der Waals surface area contributed by atoms with Crippen LogP contribution in [0.1, 0.15) is 13.8 Å². The molecule has 7 heteroatoms. The molecule has 1 aromatic rings. The van der Waals surface area contributed by atoms with E-state index < -0.39 is 17.5 Å². The third kappa shape index (κ3) is 3.11. The van der Waals surface area contributed by atoms with E-state index in [0.29, 0.717) is 30.4 Å². The topological polar surface area (TPSA) is 96.9 Å². The third-order valence-electron chi connectivity index (χ3n) is 2.76. The summed E-state index contributed by atoms with van der Waals surface area (Å²) >= 11 is 0. The van der Waals surface area contributed by atoms with Crippen LogP contribution in [-0.2, 0) is 4.79 Å². The van der Waals surface area contributed by atoms with Gasteiger partial charge in [-0.1, -0.05) is 0 Å². The summed E-state index contributed by atoms with van der Waals surface area (Å²) in [4.78, 5) is 22.7. The number of anilines is 1. The van der Waals surface area contributed by atoms with Crippen LogP contribution in [0.15, 0.2) is 18.2 Å². The van der Waals surface area contributed by atoms with E-state index in [2.05, 4.69) is 10.6 Å². The van der Waals surface area contributed by atoms with Crippen LogP contribution in [-0.4, -0.2) is 35.9 Å². The van der Waals surface area contributed by atoms with Gasteiger partial charge in [-0.25, -0.2) is 9.59 Å². The lowest BCUT2D eigenvalue weighted by molar-refractivity contribution is -0.142. The predicted molar refractivity (Wildman–Crippen MR) is 71.3 cm³/mol. The minimum atomic E-state index is -1.35. The van der Waals surface area contributed by atoms with E-state index in [9.17, 15) is 9.59 Å². The maximum absolute atomic E-state index is 11.7. The van der Waals surface area contributed by atoms with Gasteiger partial charge in [0.1, 0.15) is 18.8 Å². The molecule has 7 nitrogen and oxygen atoms in total. The first-order valence-electron chi connectivity index (χ1n) is 6.11. The molecule has 0 atom stereocenters. The fraction of sp³-hybridized carbons (Fsp3) is 0.385. The monoisotopic (exact) mass is 280 g/mol. The fourth-order valence-corrected chi connectivity index (χ4v) is 1.62. The van der Waals surface area contributed by atoms with Gasteiger partial charge in [-0.05, 0) is 26.0 Å². The number of amides is 2. The summed E-state index contributed by atoms with van der Waals surface area (Å²) in [6.07, 6.45) is 0. The van der Waals surface area contributed by atoms with Crippen molar-refractivity contribution in [2.45, 2.75) is 19.4 Å². The number of fused-ring (bicyclic) bond motifs is 1. The second-order valence-corrected chi connectivity index (χ2v) is 4.87. The van der Waals surface area contributed by atoms with E-state index in [4.69, 9.17) is 14.6 Å². The molecule has 0 bridgehead atoms. The van der Waals surface area contributed by atoms with Crippen LogP contribution in [0, 0.1) is 0 Å². The number of benzene rings is 1. The minimum Gasteiger partial charge on any atom is -0.486 e. The van der Waals surface area contributed by atoms with Crippen LogP contribution in [0.25, 0.3) is 0 Å². The van der Waals surface area contributed by atoms with Crippen molar-refractivity contribution < 1.29 is 24.2 Å². The van der Waals surface area contributed by atoms with Crippen molar-refractivity contribution in [2.75, 3.05) is 18.5 Å². The summed E-state index contributed by atoms with van der Waals surface area (Å²) in [5.41, 5.74) is -0.856. The first-order chi connectivity index (χ1) is 9.38. The Hall–Kier alpha value is -2.44.